The molecule has 0 heterocycles. The smallest absolute Gasteiger partial charge is 0.0718 e. The minimum Gasteiger partial charge on any atom is -0.389 e. The van der Waals surface area contributed by atoms with Crippen molar-refractivity contribution in [1.29, 1.82) is 0 Å². The van der Waals surface area contributed by atoms with E-state index in [0.29, 0.717) is 12.5 Å². The highest BCUT2D eigenvalue weighted by Gasteiger charge is 2.52. The molecule has 2 aliphatic rings. The van der Waals surface area contributed by atoms with E-state index in [9.17, 15) is 5.11 Å². The number of hydrogen-bond acceptors (Lipinski definition) is 2. The molecule has 4 unspecified atom stereocenters. The van der Waals surface area contributed by atoms with Gasteiger partial charge < -0.3 is 10.8 Å². The highest BCUT2D eigenvalue weighted by molar-refractivity contribution is 5.04. The van der Waals surface area contributed by atoms with Gasteiger partial charge in [-0.2, -0.15) is 0 Å². The molecule has 0 spiro atoms. The molecule has 0 amide bonds. The predicted molar refractivity (Wildman–Crippen MR) is 76.3 cm³/mol. The van der Waals surface area contributed by atoms with Crippen LogP contribution in [0.4, 0.5) is 0 Å². The summed E-state index contributed by atoms with van der Waals surface area (Å²) in [4.78, 5) is 0. The first-order valence-corrected chi connectivity index (χ1v) is 7.98. The third-order valence-electron chi connectivity index (χ3n) is 5.88. The molecule has 2 fully saturated rings. The molecule has 0 aromatic carbocycles. The zero-order valence-electron chi connectivity index (χ0n) is 12.3. The van der Waals surface area contributed by atoms with E-state index in [2.05, 4.69) is 13.8 Å². The summed E-state index contributed by atoms with van der Waals surface area (Å²) in [6.07, 6.45) is 10.5. The lowest BCUT2D eigenvalue weighted by atomic mass is 9.55. The average Bonchev–Trinajstić information content (AvgIpc) is 2.38. The van der Waals surface area contributed by atoms with Crippen LogP contribution < -0.4 is 5.73 Å². The summed E-state index contributed by atoms with van der Waals surface area (Å²) < 4.78 is 0. The van der Waals surface area contributed by atoms with Gasteiger partial charge in [-0.3, -0.25) is 0 Å². The van der Waals surface area contributed by atoms with Gasteiger partial charge in [0, 0.05) is 12.0 Å². The molecule has 106 valence electrons. The molecule has 0 radical (unpaired) electrons. The monoisotopic (exact) mass is 253 g/mol. The van der Waals surface area contributed by atoms with Gasteiger partial charge in [-0.25, -0.2) is 0 Å². The van der Waals surface area contributed by atoms with Gasteiger partial charge in [0.25, 0.3) is 0 Å². The summed E-state index contributed by atoms with van der Waals surface area (Å²) in [6, 6.07) is 0. The van der Waals surface area contributed by atoms with E-state index >= 15 is 0 Å². The number of aliphatic hydroxyl groups is 1. The maximum absolute atomic E-state index is 11.3. The summed E-state index contributed by atoms with van der Waals surface area (Å²) in [6.45, 7) is 5.26. The molecule has 2 aliphatic carbocycles. The summed E-state index contributed by atoms with van der Waals surface area (Å²) in [5, 5.41) is 11.3. The van der Waals surface area contributed by atoms with Gasteiger partial charge in [0.2, 0.25) is 0 Å². The minimum atomic E-state index is -0.477. The highest BCUT2D eigenvalue weighted by Crippen LogP contribution is 2.53. The van der Waals surface area contributed by atoms with Crippen LogP contribution in [0, 0.1) is 17.3 Å². The Hall–Kier alpha value is -0.0800. The quantitative estimate of drug-likeness (QED) is 0.809. The fraction of sp³-hybridized carbons (Fsp3) is 1.00. The second-order valence-corrected chi connectivity index (χ2v) is 7.09. The normalized spacial score (nSPS) is 46.0. The lowest BCUT2D eigenvalue weighted by Crippen LogP contribution is -2.56. The van der Waals surface area contributed by atoms with Crippen molar-refractivity contribution in [3.63, 3.8) is 0 Å². The molecule has 2 nitrogen and oxygen atoms in total. The van der Waals surface area contributed by atoms with Gasteiger partial charge in [-0.15, -0.1) is 0 Å². The van der Waals surface area contributed by atoms with Crippen LogP contribution in [-0.4, -0.2) is 17.3 Å². The zero-order valence-corrected chi connectivity index (χ0v) is 12.3. The molecule has 3 N–H and O–H groups in total. The van der Waals surface area contributed by atoms with Crippen LogP contribution in [-0.2, 0) is 0 Å². The largest absolute Gasteiger partial charge is 0.389 e. The summed E-state index contributed by atoms with van der Waals surface area (Å²) in [7, 11) is 0. The highest BCUT2D eigenvalue weighted by atomic mass is 16.3. The number of hydrogen-bond donors (Lipinski definition) is 2. The Balaban J connectivity index is 2.19. The predicted octanol–water partition coefficient (Wildman–Crippen LogP) is 3.47. The molecular formula is C16H31NO. The van der Waals surface area contributed by atoms with Crippen molar-refractivity contribution in [2.24, 2.45) is 23.0 Å². The van der Waals surface area contributed by atoms with Crippen LogP contribution in [0.25, 0.3) is 0 Å². The molecule has 18 heavy (non-hydrogen) atoms. The van der Waals surface area contributed by atoms with Crippen LogP contribution >= 0.6 is 0 Å². The first-order valence-electron chi connectivity index (χ1n) is 7.98. The van der Waals surface area contributed by atoms with E-state index < -0.39 is 5.60 Å². The van der Waals surface area contributed by atoms with Crippen molar-refractivity contribution >= 4 is 0 Å². The zero-order chi connectivity index (χ0) is 13.2. The van der Waals surface area contributed by atoms with Gasteiger partial charge >= 0.3 is 0 Å². The van der Waals surface area contributed by atoms with Crippen LogP contribution in [0.5, 0.6) is 0 Å². The molecule has 0 bridgehead atoms. The minimum absolute atomic E-state index is 0.0124. The molecule has 0 aliphatic heterocycles. The van der Waals surface area contributed by atoms with Crippen LogP contribution in [0.2, 0.25) is 0 Å². The van der Waals surface area contributed by atoms with Crippen molar-refractivity contribution < 1.29 is 5.11 Å². The van der Waals surface area contributed by atoms with E-state index in [1.54, 1.807) is 0 Å². The van der Waals surface area contributed by atoms with Crippen molar-refractivity contribution in [3.8, 4) is 0 Å². The maximum Gasteiger partial charge on any atom is 0.0718 e. The van der Waals surface area contributed by atoms with Gasteiger partial charge in [-0.05, 0) is 37.5 Å². The number of rotatable bonds is 3. The van der Waals surface area contributed by atoms with Crippen LogP contribution in [0.15, 0.2) is 0 Å². The third kappa shape index (κ3) is 2.46. The Morgan fingerprint density at radius 3 is 2.50 bits per heavy atom. The second-order valence-electron chi connectivity index (χ2n) is 7.09. The third-order valence-corrected chi connectivity index (χ3v) is 5.88. The van der Waals surface area contributed by atoms with Crippen molar-refractivity contribution in [2.45, 2.75) is 77.2 Å². The SMILES string of the molecule is CCC1CCCC(O)(C2(CN)CCCC(C)C2)C1. The lowest BCUT2D eigenvalue weighted by molar-refractivity contribution is -0.139. The molecular weight excluding hydrogens is 222 g/mol. The Kier molecular flexibility index (Phi) is 4.38. The molecule has 0 saturated heterocycles. The van der Waals surface area contributed by atoms with E-state index in [1.807, 2.05) is 0 Å². The molecule has 2 rings (SSSR count). The first kappa shape index (κ1) is 14.3. The molecule has 0 aromatic rings. The summed E-state index contributed by atoms with van der Waals surface area (Å²) >= 11 is 0. The Labute approximate surface area is 112 Å². The fourth-order valence-corrected chi connectivity index (χ4v) is 4.65. The van der Waals surface area contributed by atoms with Crippen molar-refractivity contribution in [2.75, 3.05) is 6.54 Å². The molecule has 2 saturated carbocycles. The standard InChI is InChI=1S/C16H31NO/c1-3-14-7-5-9-16(18,11-14)15(12-17)8-4-6-13(2)10-15/h13-14,18H,3-12,17H2,1-2H3. The average molecular weight is 253 g/mol. The topological polar surface area (TPSA) is 46.2 Å². The van der Waals surface area contributed by atoms with Crippen LogP contribution in [0.3, 0.4) is 0 Å². The maximum atomic E-state index is 11.3. The van der Waals surface area contributed by atoms with E-state index in [4.69, 9.17) is 5.73 Å². The Bertz CT molecular complexity index is 280. The fourth-order valence-electron chi connectivity index (χ4n) is 4.65. The summed E-state index contributed by atoms with van der Waals surface area (Å²) in [5.41, 5.74) is 5.68. The van der Waals surface area contributed by atoms with Crippen LogP contribution in [0.1, 0.15) is 71.6 Å². The lowest BCUT2D eigenvalue weighted by Gasteiger charge is -2.54. The van der Waals surface area contributed by atoms with Gasteiger partial charge in [0.15, 0.2) is 0 Å². The molecule has 0 aromatic heterocycles. The van der Waals surface area contributed by atoms with Crippen molar-refractivity contribution in [1.82, 2.24) is 0 Å². The van der Waals surface area contributed by atoms with Gasteiger partial charge in [0.1, 0.15) is 0 Å². The first-order chi connectivity index (χ1) is 8.55. The van der Waals surface area contributed by atoms with Crippen molar-refractivity contribution in [3.05, 3.63) is 0 Å². The Morgan fingerprint density at radius 2 is 1.89 bits per heavy atom. The summed E-state index contributed by atoms with van der Waals surface area (Å²) in [5.74, 6) is 1.44. The van der Waals surface area contributed by atoms with E-state index in [1.165, 1.54) is 32.1 Å². The van der Waals surface area contributed by atoms with Gasteiger partial charge in [-0.1, -0.05) is 46.0 Å². The molecule has 4 atom stereocenters. The van der Waals surface area contributed by atoms with E-state index in [0.717, 1.165) is 31.6 Å². The molecule has 2 heteroatoms. The van der Waals surface area contributed by atoms with E-state index in [-0.39, 0.29) is 5.41 Å². The Morgan fingerprint density at radius 1 is 1.17 bits per heavy atom. The van der Waals surface area contributed by atoms with Gasteiger partial charge in [0.05, 0.1) is 5.60 Å². The number of nitrogens with two attached hydrogens (primary N) is 1. The second kappa shape index (κ2) is 5.50.